The molecule has 5 rings (SSSR count). The number of nitrogens with one attached hydrogen (secondary N) is 4. The number of aromatic nitrogens is 3. The summed E-state index contributed by atoms with van der Waals surface area (Å²) in [5, 5.41) is 15.9. The molecule has 1 aliphatic carbocycles. The zero-order valence-corrected chi connectivity index (χ0v) is 16.0. The number of rotatable bonds is 6. The number of benzene rings is 1. The zero-order valence-electron chi connectivity index (χ0n) is 16.0. The fourth-order valence-corrected chi connectivity index (χ4v) is 3.20. The lowest BCUT2D eigenvalue weighted by atomic mass is 10.2. The number of hydrogen-bond donors (Lipinski definition) is 5. The summed E-state index contributed by atoms with van der Waals surface area (Å²) in [6, 6.07) is 9.57. The average Bonchev–Trinajstić information content (AvgIpc) is 3.37. The molecule has 30 heavy (non-hydrogen) atoms. The Bertz CT molecular complexity index is 1180. The van der Waals surface area contributed by atoms with Crippen molar-refractivity contribution in [3.05, 3.63) is 53.4 Å². The van der Waals surface area contributed by atoms with Crippen molar-refractivity contribution in [2.24, 2.45) is 5.73 Å². The molecule has 2 fully saturated rings. The van der Waals surface area contributed by atoms with Crippen LogP contribution in [-0.4, -0.2) is 32.6 Å². The van der Waals surface area contributed by atoms with Gasteiger partial charge >= 0.3 is 6.03 Å². The molecule has 1 aliphatic heterocycles. The number of nitrogens with two attached hydrogens (primary N) is 1. The number of carbonyl (C=O) groups is 2. The van der Waals surface area contributed by atoms with Crippen LogP contribution in [0.5, 0.6) is 0 Å². The Balaban J connectivity index is 1.54. The molecule has 6 N–H and O–H groups in total. The molecule has 0 spiro atoms. The Morgan fingerprint density at radius 2 is 2.00 bits per heavy atom. The SMILES string of the molecule is NCc1ccc(Nc2cc(NC3CC3)n3ncc(/C=C4\NC(=O)NC4=O)c3n2)cc1. The van der Waals surface area contributed by atoms with Crippen LogP contribution in [-0.2, 0) is 11.3 Å². The Morgan fingerprint density at radius 3 is 2.67 bits per heavy atom. The van der Waals surface area contributed by atoms with Gasteiger partial charge in [0.1, 0.15) is 17.3 Å². The van der Waals surface area contributed by atoms with Crippen molar-refractivity contribution in [1.82, 2.24) is 25.2 Å². The van der Waals surface area contributed by atoms with Gasteiger partial charge in [-0.15, -0.1) is 0 Å². The highest BCUT2D eigenvalue weighted by Crippen LogP contribution is 2.28. The van der Waals surface area contributed by atoms with Crippen molar-refractivity contribution in [2.45, 2.75) is 25.4 Å². The van der Waals surface area contributed by atoms with E-state index in [9.17, 15) is 9.59 Å². The van der Waals surface area contributed by atoms with Gasteiger partial charge in [-0.25, -0.2) is 9.78 Å². The predicted molar refractivity (Wildman–Crippen MR) is 112 cm³/mol. The van der Waals surface area contributed by atoms with E-state index in [0.717, 1.165) is 29.9 Å². The smallest absolute Gasteiger partial charge is 0.326 e. The lowest BCUT2D eigenvalue weighted by molar-refractivity contribution is -0.115. The normalized spacial score (nSPS) is 17.3. The van der Waals surface area contributed by atoms with Gasteiger partial charge in [0.2, 0.25) is 0 Å². The molecule has 0 bridgehead atoms. The van der Waals surface area contributed by atoms with E-state index in [1.165, 1.54) is 0 Å². The van der Waals surface area contributed by atoms with Gasteiger partial charge in [0.15, 0.2) is 5.65 Å². The fourth-order valence-electron chi connectivity index (χ4n) is 3.20. The van der Waals surface area contributed by atoms with Crippen LogP contribution < -0.4 is 27.0 Å². The van der Waals surface area contributed by atoms with Crippen molar-refractivity contribution in [3.63, 3.8) is 0 Å². The van der Waals surface area contributed by atoms with Gasteiger partial charge in [-0.2, -0.15) is 9.61 Å². The van der Waals surface area contributed by atoms with Crippen molar-refractivity contribution in [1.29, 1.82) is 0 Å². The Morgan fingerprint density at radius 1 is 1.20 bits per heavy atom. The van der Waals surface area contributed by atoms with Gasteiger partial charge in [-0.3, -0.25) is 10.1 Å². The molecule has 3 amide bonds. The van der Waals surface area contributed by atoms with Crippen LogP contribution in [0.1, 0.15) is 24.0 Å². The Hall–Kier alpha value is -3.92. The molecular weight excluding hydrogens is 384 g/mol. The first-order valence-corrected chi connectivity index (χ1v) is 9.64. The van der Waals surface area contributed by atoms with Crippen molar-refractivity contribution < 1.29 is 9.59 Å². The molecule has 3 heterocycles. The number of urea groups is 1. The van der Waals surface area contributed by atoms with Crippen LogP contribution in [0.25, 0.3) is 11.7 Å². The molecule has 3 aromatic rings. The van der Waals surface area contributed by atoms with E-state index in [4.69, 9.17) is 5.73 Å². The lowest BCUT2D eigenvalue weighted by Gasteiger charge is -2.12. The zero-order chi connectivity index (χ0) is 20.7. The largest absolute Gasteiger partial charge is 0.367 e. The maximum Gasteiger partial charge on any atom is 0.326 e. The average molecular weight is 404 g/mol. The lowest BCUT2D eigenvalue weighted by Crippen LogP contribution is -2.22. The van der Waals surface area contributed by atoms with Gasteiger partial charge in [-0.1, -0.05) is 12.1 Å². The number of imide groups is 1. The van der Waals surface area contributed by atoms with Crippen LogP contribution in [0, 0.1) is 0 Å². The van der Waals surface area contributed by atoms with Crippen LogP contribution >= 0.6 is 0 Å². The van der Waals surface area contributed by atoms with Gasteiger partial charge in [0, 0.05) is 29.9 Å². The summed E-state index contributed by atoms with van der Waals surface area (Å²) in [5.41, 5.74) is 8.92. The molecule has 10 heteroatoms. The minimum Gasteiger partial charge on any atom is -0.367 e. The summed E-state index contributed by atoms with van der Waals surface area (Å²) in [6.45, 7) is 0.484. The number of anilines is 3. The van der Waals surface area contributed by atoms with Crippen molar-refractivity contribution in [3.8, 4) is 0 Å². The first kappa shape index (κ1) is 18.1. The Kier molecular flexibility index (Phi) is 4.32. The summed E-state index contributed by atoms with van der Waals surface area (Å²) >= 11 is 0. The number of carbonyl (C=O) groups excluding carboxylic acids is 2. The van der Waals surface area contributed by atoms with E-state index >= 15 is 0 Å². The highest BCUT2D eigenvalue weighted by molar-refractivity contribution is 6.14. The second kappa shape index (κ2) is 7.16. The maximum absolute atomic E-state index is 11.9. The molecule has 0 unspecified atom stereocenters. The third-order valence-electron chi connectivity index (χ3n) is 4.91. The van der Waals surface area contributed by atoms with E-state index in [0.29, 0.717) is 29.6 Å². The van der Waals surface area contributed by atoms with Gasteiger partial charge < -0.3 is 21.7 Å². The maximum atomic E-state index is 11.9. The summed E-state index contributed by atoms with van der Waals surface area (Å²) in [7, 11) is 0. The molecule has 1 saturated heterocycles. The summed E-state index contributed by atoms with van der Waals surface area (Å²) < 4.78 is 1.70. The third kappa shape index (κ3) is 3.55. The molecule has 152 valence electrons. The first-order chi connectivity index (χ1) is 14.6. The van der Waals surface area contributed by atoms with Crippen molar-refractivity contribution in [2.75, 3.05) is 10.6 Å². The molecule has 2 aliphatic rings. The van der Waals surface area contributed by atoms with E-state index < -0.39 is 11.9 Å². The number of hydrogen-bond acceptors (Lipinski definition) is 7. The second-order valence-electron chi connectivity index (χ2n) is 7.27. The predicted octanol–water partition coefficient (Wildman–Crippen LogP) is 1.69. The molecule has 1 aromatic carbocycles. The van der Waals surface area contributed by atoms with Crippen LogP contribution in [0.3, 0.4) is 0 Å². The minimum atomic E-state index is -0.546. The summed E-state index contributed by atoms with van der Waals surface area (Å²) in [6.07, 6.45) is 5.40. The molecule has 0 radical (unpaired) electrons. The standard InChI is InChI=1S/C20H20N8O2/c21-9-11-1-3-13(4-2-11)23-16-8-17(24-14-5-6-14)28-18(26-16)12(10-22-28)7-15-19(29)27-20(30)25-15/h1-4,7-8,10,14,24H,5-6,9,21H2,(H,23,26)(H2,25,27,29,30)/b15-7-. The monoisotopic (exact) mass is 404 g/mol. The van der Waals surface area contributed by atoms with Gasteiger partial charge in [-0.05, 0) is 36.6 Å². The highest BCUT2D eigenvalue weighted by Gasteiger charge is 2.25. The van der Waals surface area contributed by atoms with E-state index in [2.05, 4.69) is 31.3 Å². The Labute approximate surface area is 171 Å². The van der Waals surface area contributed by atoms with E-state index in [1.807, 2.05) is 30.3 Å². The third-order valence-corrected chi connectivity index (χ3v) is 4.91. The van der Waals surface area contributed by atoms with Crippen LogP contribution in [0.2, 0.25) is 0 Å². The molecule has 10 nitrogen and oxygen atoms in total. The number of amides is 3. The fraction of sp³-hybridized carbons (Fsp3) is 0.200. The summed E-state index contributed by atoms with van der Waals surface area (Å²) in [4.78, 5) is 28.0. The quantitative estimate of drug-likeness (QED) is 0.311. The van der Waals surface area contributed by atoms with Crippen LogP contribution in [0.15, 0.2) is 42.2 Å². The van der Waals surface area contributed by atoms with Crippen molar-refractivity contribution >= 4 is 41.0 Å². The van der Waals surface area contributed by atoms with Gasteiger partial charge in [0.05, 0.1) is 6.20 Å². The topological polar surface area (TPSA) is 138 Å². The molecular formula is C20H20N8O2. The van der Waals surface area contributed by atoms with E-state index in [-0.39, 0.29) is 5.70 Å². The minimum absolute atomic E-state index is 0.157. The number of fused-ring (bicyclic) bond motifs is 1. The first-order valence-electron chi connectivity index (χ1n) is 9.64. The van der Waals surface area contributed by atoms with E-state index in [1.54, 1.807) is 16.8 Å². The molecule has 2 aromatic heterocycles. The second-order valence-corrected chi connectivity index (χ2v) is 7.27. The number of nitrogens with zero attached hydrogens (tertiary/aromatic N) is 3. The highest BCUT2D eigenvalue weighted by atomic mass is 16.2. The molecule has 0 atom stereocenters. The van der Waals surface area contributed by atoms with Gasteiger partial charge in [0.25, 0.3) is 5.91 Å². The molecule has 1 saturated carbocycles. The summed E-state index contributed by atoms with van der Waals surface area (Å²) in [5.74, 6) is 0.948. The van der Waals surface area contributed by atoms with Crippen LogP contribution in [0.4, 0.5) is 22.1 Å².